The van der Waals surface area contributed by atoms with Crippen LogP contribution in [0, 0.1) is 0 Å². The standard InChI is InChI=1S/C7H6ClF2NO/c8-4-1-2-5(7(9)10)11-6(4)3-12/h1-2,7,12H,3H2. The minimum atomic E-state index is -2.63. The molecule has 66 valence electrons. The number of pyridine rings is 1. The smallest absolute Gasteiger partial charge is 0.280 e. The van der Waals surface area contributed by atoms with Crippen molar-refractivity contribution in [2.45, 2.75) is 13.0 Å². The second-order valence-electron chi connectivity index (χ2n) is 2.12. The molecule has 0 aliphatic rings. The molecule has 0 radical (unpaired) electrons. The first-order valence-electron chi connectivity index (χ1n) is 3.19. The molecule has 0 aliphatic carbocycles. The molecule has 0 aliphatic heterocycles. The lowest BCUT2D eigenvalue weighted by atomic mass is 10.3. The van der Waals surface area contributed by atoms with E-state index in [0.717, 1.165) is 6.07 Å². The van der Waals surface area contributed by atoms with Crippen LogP contribution < -0.4 is 0 Å². The van der Waals surface area contributed by atoms with Crippen LogP contribution in [0.25, 0.3) is 0 Å². The van der Waals surface area contributed by atoms with Gasteiger partial charge in [0, 0.05) is 0 Å². The highest BCUT2D eigenvalue weighted by Crippen LogP contribution is 2.20. The average Bonchev–Trinajstić information content (AvgIpc) is 2.05. The average molecular weight is 194 g/mol. The van der Waals surface area contributed by atoms with Crippen LogP contribution in [0.4, 0.5) is 8.78 Å². The fourth-order valence-corrected chi connectivity index (χ4v) is 0.899. The third kappa shape index (κ3) is 1.89. The maximum atomic E-state index is 12.0. The van der Waals surface area contributed by atoms with Crippen molar-refractivity contribution in [2.75, 3.05) is 0 Å². The van der Waals surface area contributed by atoms with E-state index in [1.54, 1.807) is 0 Å². The van der Waals surface area contributed by atoms with Crippen molar-refractivity contribution in [2.24, 2.45) is 0 Å². The SMILES string of the molecule is OCc1nc(C(F)F)ccc1Cl. The van der Waals surface area contributed by atoms with Gasteiger partial charge in [0.2, 0.25) is 0 Å². The summed E-state index contributed by atoms with van der Waals surface area (Å²) in [5, 5.41) is 8.83. The van der Waals surface area contributed by atoms with E-state index in [-0.39, 0.29) is 16.4 Å². The summed E-state index contributed by atoms with van der Waals surface area (Å²) < 4.78 is 24.1. The number of aliphatic hydroxyl groups excluding tert-OH is 1. The zero-order valence-electron chi connectivity index (χ0n) is 5.97. The predicted octanol–water partition coefficient (Wildman–Crippen LogP) is 2.16. The van der Waals surface area contributed by atoms with E-state index >= 15 is 0 Å². The van der Waals surface area contributed by atoms with Crippen LogP contribution in [-0.4, -0.2) is 10.1 Å². The van der Waals surface area contributed by atoms with Crippen molar-refractivity contribution in [1.29, 1.82) is 0 Å². The van der Waals surface area contributed by atoms with E-state index in [1.165, 1.54) is 6.07 Å². The lowest BCUT2D eigenvalue weighted by molar-refractivity contribution is 0.145. The zero-order valence-corrected chi connectivity index (χ0v) is 6.72. The normalized spacial score (nSPS) is 10.8. The number of halogens is 3. The van der Waals surface area contributed by atoms with Crippen molar-refractivity contribution in [1.82, 2.24) is 4.98 Å². The first-order chi connectivity index (χ1) is 5.65. The molecule has 1 rings (SSSR count). The second-order valence-corrected chi connectivity index (χ2v) is 2.53. The fraction of sp³-hybridized carbons (Fsp3) is 0.286. The fourth-order valence-electron chi connectivity index (χ4n) is 0.734. The largest absolute Gasteiger partial charge is 0.390 e. The lowest BCUT2D eigenvalue weighted by Crippen LogP contribution is -1.96. The molecule has 1 aromatic heterocycles. The number of rotatable bonds is 2. The predicted molar refractivity (Wildman–Crippen MR) is 40.1 cm³/mol. The number of nitrogens with zero attached hydrogens (tertiary/aromatic N) is 1. The van der Waals surface area contributed by atoms with Gasteiger partial charge in [0.1, 0.15) is 5.69 Å². The van der Waals surface area contributed by atoms with Gasteiger partial charge in [-0.2, -0.15) is 0 Å². The van der Waals surface area contributed by atoms with Crippen LogP contribution in [0.2, 0.25) is 5.02 Å². The summed E-state index contributed by atoms with van der Waals surface area (Å²) in [6.45, 7) is -0.431. The van der Waals surface area contributed by atoms with E-state index in [4.69, 9.17) is 16.7 Å². The summed E-state index contributed by atoms with van der Waals surface area (Å²) in [6, 6.07) is 2.42. The van der Waals surface area contributed by atoms with Crippen LogP contribution in [0.3, 0.4) is 0 Å². The lowest BCUT2D eigenvalue weighted by Gasteiger charge is -2.02. The van der Waals surface area contributed by atoms with E-state index in [2.05, 4.69) is 4.98 Å². The summed E-state index contributed by atoms with van der Waals surface area (Å²) in [7, 11) is 0. The molecule has 1 N–H and O–H groups in total. The summed E-state index contributed by atoms with van der Waals surface area (Å²) in [4.78, 5) is 3.46. The summed E-state index contributed by atoms with van der Waals surface area (Å²) in [5.74, 6) is 0. The molecule has 0 atom stereocenters. The van der Waals surface area contributed by atoms with Crippen LogP contribution >= 0.6 is 11.6 Å². The zero-order chi connectivity index (χ0) is 9.14. The highest BCUT2D eigenvalue weighted by Gasteiger charge is 2.10. The Morgan fingerprint density at radius 3 is 2.67 bits per heavy atom. The molecule has 0 unspecified atom stereocenters. The Balaban J connectivity index is 3.05. The Morgan fingerprint density at radius 1 is 1.50 bits per heavy atom. The maximum absolute atomic E-state index is 12.0. The van der Waals surface area contributed by atoms with Gasteiger partial charge in [-0.1, -0.05) is 11.6 Å². The Hall–Kier alpha value is -0.740. The Bertz CT molecular complexity index is 280. The molecule has 0 saturated carbocycles. The van der Waals surface area contributed by atoms with E-state index in [9.17, 15) is 8.78 Å². The molecule has 0 amide bonds. The minimum absolute atomic E-state index is 0.0782. The monoisotopic (exact) mass is 193 g/mol. The van der Waals surface area contributed by atoms with Gasteiger partial charge in [-0.15, -0.1) is 0 Å². The molecule has 0 fully saturated rings. The van der Waals surface area contributed by atoms with Gasteiger partial charge in [0.15, 0.2) is 0 Å². The van der Waals surface area contributed by atoms with Gasteiger partial charge in [0.25, 0.3) is 6.43 Å². The third-order valence-corrected chi connectivity index (χ3v) is 1.66. The molecular formula is C7H6ClF2NO. The van der Waals surface area contributed by atoms with Crippen LogP contribution in [-0.2, 0) is 6.61 Å². The topological polar surface area (TPSA) is 33.1 Å². The van der Waals surface area contributed by atoms with Crippen LogP contribution in [0.15, 0.2) is 12.1 Å². The third-order valence-electron chi connectivity index (χ3n) is 1.31. The highest BCUT2D eigenvalue weighted by molar-refractivity contribution is 6.31. The molecule has 0 bridgehead atoms. The Morgan fingerprint density at radius 2 is 2.17 bits per heavy atom. The minimum Gasteiger partial charge on any atom is -0.390 e. The molecule has 0 saturated heterocycles. The van der Waals surface area contributed by atoms with Crippen molar-refractivity contribution in [3.05, 3.63) is 28.5 Å². The first kappa shape index (κ1) is 9.35. The number of alkyl halides is 2. The molecular weight excluding hydrogens is 188 g/mol. The van der Waals surface area contributed by atoms with Crippen molar-refractivity contribution in [3.8, 4) is 0 Å². The molecule has 12 heavy (non-hydrogen) atoms. The van der Waals surface area contributed by atoms with Gasteiger partial charge >= 0.3 is 0 Å². The van der Waals surface area contributed by atoms with Gasteiger partial charge in [-0.05, 0) is 12.1 Å². The van der Waals surface area contributed by atoms with Crippen molar-refractivity contribution < 1.29 is 13.9 Å². The number of aliphatic hydroxyl groups is 1. The molecule has 1 aromatic rings. The second kappa shape index (κ2) is 3.78. The van der Waals surface area contributed by atoms with E-state index in [1.807, 2.05) is 0 Å². The van der Waals surface area contributed by atoms with Gasteiger partial charge in [-0.25, -0.2) is 13.8 Å². The molecule has 5 heteroatoms. The number of hydrogen-bond donors (Lipinski definition) is 1. The van der Waals surface area contributed by atoms with Gasteiger partial charge in [-0.3, -0.25) is 0 Å². The molecule has 0 aromatic carbocycles. The molecule has 2 nitrogen and oxygen atoms in total. The van der Waals surface area contributed by atoms with Gasteiger partial charge < -0.3 is 5.11 Å². The quantitative estimate of drug-likeness (QED) is 0.781. The Labute approximate surface area is 72.8 Å². The molecule has 1 heterocycles. The maximum Gasteiger partial charge on any atom is 0.280 e. The summed E-state index contributed by atoms with van der Waals surface area (Å²) >= 11 is 5.53. The number of aromatic nitrogens is 1. The summed E-state index contributed by atoms with van der Waals surface area (Å²) in [6.07, 6.45) is -2.63. The van der Waals surface area contributed by atoms with Crippen molar-refractivity contribution in [3.63, 3.8) is 0 Å². The van der Waals surface area contributed by atoms with E-state index in [0.29, 0.717) is 0 Å². The van der Waals surface area contributed by atoms with Crippen LogP contribution in [0.5, 0.6) is 0 Å². The van der Waals surface area contributed by atoms with Crippen molar-refractivity contribution >= 4 is 11.6 Å². The molecule has 0 spiro atoms. The Kier molecular flexibility index (Phi) is 2.94. The van der Waals surface area contributed by atoms with E-state index < -0.39 is 13.0 Å². The first-order valence-corrected chi connectivity index (χ1v) is 3.57. The highest BCUT2D eigenvalue weighted by atomic mass is 35.5. The van der Waals surface area contributed by atoms with Gasteiger partial charge in [0.05, 0.1) is 17.3 Å². The summed E-state index contributed by atoms with van der Waals surface area (Å²) in [5.41, 5.74) is -0.294. The number of hydrogen-bond acceptors (Lipinski definition) is 2. The van der Waals surface area contributed by atoms with Crippen LogP contribution in [0.1, 0.15) is 17.8 Å².